The number of hydrogen-bond donors (Lipinski definition) is 0. The Bertz CT molecular complexity index is 882. The van der Waals surface area contributed by atoms with E-state index in [4.69, 9.17) is 4.74 Å². The summed E-state index contributed by atoms with van der Waals surface area (Å²) < 4.78 is 30.5. The highest BCUT2D eigenvalue weighted by Crippen LogP contribution is 2.45. The quantitative estimate of drug-likeness (QED) is 0.778. The lowest BCUT2D eigenvalue weighted by Crippen LogP contribution is -2.67. The van der Waals surface area contributed by atoms with Crippen molar-refractivity contribution in [2.75, 3.05) is 25.4 Å². The summed E-state index contributed by atoms with van der Waals surface area (Å²) in [6.45, 7) is 4.03. The summed E-state index contributed by atoms with van der Waals surface area (Å²) in [4.78, 5) is 14.6. The second kappa shape index (κ2) is 6.59. The van der Waals surface area contributed by atoms with Gasteiger partial charge in [0.2, 0.25) is 0 Å². The number of ether oxygens (including phenoxy) is 1. The number of rotatable bonds is 5. The lowest BCUT2D eigenvalue weighted by Gasteiger charge is -2.49. The lowest BCUT2D eigenvalue weighted by atomic mass is 9.83. The van der Waals surface area contributed by atoms with E-state index in [2.05, 4.69) is 19.9 Å². The zero-order valence-corrected chi connectivity index (χ0v) is 15.5. The predicted octanol–water partition coefficient (Wildman–Crippen LogP) is 1.25. The van der Waals surface area contributed by atoms with E-state index in [0.29, 0.717) is 32.1 Å². The molecular formula is C18H22N4O3S. The van der Waals surface area contributed by atoms with Gasteiger partial charge in [-0.2, -0.15) is 0 Å². The van der Waals surface area contributed by atoms with Crippen LogP contribution in [0.3, 0.4) is 0 Å². The molecule has 138 valence electrons. The molecule has 0 saturated carbocycles. The Morgan fingerprint density at radius 3 is 2.88 bits per heavy atom. The molecule has 0 radical (unpaired) electrons. The summed E-state index contributed by atoms with van der Waals surface area (Å²) in [5.74, 6) is 0.206. The molecule has 2 fully saturated rings. The predicted molar refractivity (Wildman–Crippen MR) is 96.4 cm³/mol. The first-order chi connectivity index (χ1) is 12.5. The Labute approximate surface area is 153 Å². The fraction of sp³-hybridized carbons (Fsp3) is 0.500. The minimum absolute atomic E-state index is 0.0261. The van der Waals surface area contributed by atoms with E-state index in [1.54, 1.807) is 18.5 Å². The van der Waals surface area contributed by atoms with Gasteiger partial charge in [0.15, 0.2) is 9.84 Å². The standard InChI is InChI=1S/C18H22N4O3S/c1-14-4-7-20-17(21-14)25-11-16-5-8-26(23,24)18(16)12-22(13-18)10-15-3-2-6-19-9-15/h2-4,6-7,9,16H,5,8,10-13H2,1H3/t16-/m0/s1. The van der Waals surface area contributed by atoms with Gasteiger partial charge in [-0.25, -0.2) is 18.4 Å². The number of aromatic nitrogens is 3. The van der Waals surface area contributed by atoms with E-state index < -0.39 is 14.6 Å². The molecule has 0 aromatic carbocycles. The van der Waals surface area contributed by atoms with E-state index in [-0.39, 0.29) is 11.7 Å². The van der Waals surface area contributed by atoms with Gasteiger partial charge in [-0.3, -0.25) is 9.88 Å². The summed E-state index contributed by atoms with van der Waals surface area (Å²) in [6, 6.07) is 6.03. The van der Waals surface area contributed by atoms with Gasteiger partial charge in [-0.15, -0.1) is 0 Å². The van der Waals surface area contributed by atoms with Crippen molar-refractivity contribution in [3.05, 3.63) is 48.0 Å². The zero-order valence-electron chi connectivity index (χ0n) is 14.7. The molecule has 4 rings (SSSR count). The average molecular weight is 374 g/mol. The third-order valence-electron chi connectivity index (χ3n) is 5.40. The molecule has 0 aliphatic carbocycles. The fourth-order valence-electron chi connectivity index (χ4n) is 3.95. The van der Waals surface area contributed by atoms with E-state index in [1.807, 2.05) is 25.3 Å². The van der Waals surface area contributed by atoms with Crippen LogP contribution < -0.4 is 4.74 Å². The molecule has 0 unspecified atom stereocenters. The van der Waals surface area contributed by atoms with Crippen molar-refractivity contribution >= 4 is 9.84 Å². The molecule has 2 aromatic heterocycles. The van der Waals surface area contributed by atoms with Crippen LogP contribution in [0.4, 0.5) is 0 Å². The van der Waals surface area contributed by atoms with E-state index >= 15 is 0 Å². The smallest absolute Gasteiger partial charge is 0.316 e. The molecule has 2 aromatic rings. The van der Waals surface area contributed by atoms with Crippen molar-refractivity contribution in [2.45, 2.75) is 24.6 Å². The highest BCUT2D eigenvalue weighted by Gasteiger charge is 2.61. The number of hydrogen-bond acceptors (Lipinski definition) is 7. The number of sulfone groups is 1. The molecule has 0 N–H and O–H groups in total. The molecule has 8 heteroatoms. The van der Waals surface area contributed by atoms with Crippen LogP contribution in [0.25, 0.3) is 0 Å². The van der Waals surface area contributed by atoms with Gasteiger partial charge < -0.3 is 4.74 Å². The van der Waals surface area contributed by atoms with Crippen molar-refractivity contribution < 1.29 is 13.2 Å². The van der Waals surface area contributed by atoms with Gasteiger partial charge in [0.1, 0.15) is 4.75 Å². The van der Waals surface area contributed by atoms with Crippen molar-refractivity contribution in [3.8, 4) is 6.01 Å². The first kappa shape index (κ1) is 17.4. The van der Waals surface area contributed by atoms with E-state index in [9.17, 15) is 8.42 Å². The van der Waals surface area contributed by atoms with Crippen LogP contribution in [0.5, 0.6) is 6.01 Å². The molecule has 0 bridgehead atoms. The van der Waals surface area contributed by atoms with Gasteiger partial charge in [0.25, 0.3) is 0 Å². The SMILES string of the molecule is Cc1ccnc(OC[C@@H]2CCS(=O)(=O)C23CN(Cc2cccnc2)C3)n1. The zero-order chi connectivity index (χ0) is 18.2. The maximum absolute atomic E-state index is 12.7. The molecule has 4 heterocycles. The second-order valence-corrected chi connectivity index (χ2v) is 9.62. The molecule has 2 aliphatic heterocycles. The lowest BCUT2D eigenvalue weighted by molar-refractivity contribution is 0.0571. The molecule has 1 atom stereocenters. The van der Waals surface area contributed by atoms with Gasteiger partial charge in [-0.05, 0) is 31.0 Å². The summed E-state index contributed by atoms with van der Waals surface area (Å²) in [5, 5.41) is 0. The van der Waals surface area contributed by atoms with Gasteiger partial charge in [0.05, 0.1) is 12.4 Å². The summed E-state index contributed by atoms with van der Waals surface area (Å²) in [5.41, 5.74) is 1.92. The van der Waals surface area contributed by atoms with Crippen molar-refractivity contribution in [3.63, 3.8) is 0 Å². The molecule has 1 spiro atoms. The fourth-order valence-corrected chi connectivity index (χ4v) is 6.40. The third kappa shape index (κ3) is 3.07. The maximum Gasteiger partial charge on any atom is 0.316 e. The number of pyridine rings is 1. The van der Waals surface area contributed by atoms with Crippen LogP contribution in [-0.2, 0) is 16.4 Å². The Hall–Kier alpha value is -2.06. The van der Waals surface area contributed by atoms with Crippen molar-refractivity contribution in [1.29, 1.82) is 0 Å². The summed E-state index contributed by atoms with van der Waals surface area (Å²) in [7, 11) is -3.11. The molecule has 0 amide bonds. The van der Waals surface area contributed by atoms with Crippen LogP contribution in [0.15, 0.2) is 36.8 Å². The normalized spacial score (nSPS) is 23.7. The number of aryl methyl sites for hydroxylation is 1. The molecule has 26 heavy (non-hydrogen) atoms. The number of likely N-dealkylation sites (tertiary alicyclic amines) is 1. The topological polar surface area (TPSA) is 85.3 Å². The van der Waals surface area contributed by atoms with Crippen molar-refractivity contribution in [2.24, 2.45) is 5.92 Å². The van der Waals surface area contributed by atoms with Crippen LogP contribution in [0.2, 0.25) is 0 Å². The molecule has 2 saturated heterocycles. The van der Waals surface area contributed by atoms with Gasteiger partial charge in [-0.1, -0.05) is 6.07 Å². The van der Waals surface area contributed by atoms with Gasteiger partial charge >= 0.3 is 6.01 Å². The van der Waals surface area contributed by atoms with Gasteiger partial charge in [0, 0.05) is 49.8 Å². The summed E-state index contributed by atoms with van der Waals surface area (Å²) >= 11 is 0. The minimum atomic E-state index is -3.11. The van der Waals surface area contributed by atoms with E-state index in [0.717, 1.165) is 17.8 Å². The molecule has 2 aliphatic rings. The van der Waals surface area contributed by atoms with Crippen LogP contribution in [0, 0.1) is 12.8 Å². The maximum atomic E-state index is 12.7. The van der Waals surface area contributed by atoms with E-state index in [1.165, 1.54) is 0 Å². The second-order valence-electron chi connectivity index (χ2n) is 7.17. The monoisotopic (exact) mass is 374 g/mol. The van der Waals surface area contributed by atoms with Crippen LogP contribution in [-0.4, -0.2) is 58.5 Å². The number of nitrogens with zero attached hydrogens (tertiary/aromatic N) is 4. The minimum Gasteiger partial charge on any atom is -0.463 e. The molecule has 7 nitrogen and oxygen atoms in total. The Morgan fingerprint density at radius 2 is 2.15 bits per heavy atom. The first-order valence-electron chi connectivity index (χ1n) is 8.74. The average Bonchev–Trinajstić information content (AvgIpc) is 2.85. The largest absolute Gasteiger partial charge is 0.463 e. The Morgan fingerprint density at radius 1 is 1.31 bits per heavy atom. The first-order valence-corrected chi connectivity index (χ1v) is 10.4. The summed E-state index contributed by atoms with van der Waals surface area (Å²) in [6.07, 6.45) is 5.85. The Balaban J connectivity index is 1.43. The Kier molecular flexibility index (Phi) is 4.40. The highest BCUT2D eigenvalue weighted by molar-refractivity contribution is 7.93. The van der Waals surface area contributed by atoms with Crippen molar-refractivity contribution in [1.82, 2.24) is 19.9 Å². The third-order valence-corrected chi connectivity index (χ3v) is 8.00. The highest BCUT2D eigenvalue weighted by atomic mass is 32.2. The molecular weight excluding hydrogens is 352 g/mol. The van der Waals surface area contributed by atoms with Crippen LogP contribution >= 0.6 is 0 Å². The van der Waals surface area contributed by atoms with Crippen LogP contribution in [0.1, 0.15) is 17.7 Å².